The monoisotopic (exact) mass is 277 g/mol. The zero-order chi connectivity index (χ0) is 15.2. The van der Waals surface area contributed by atoms with Crippen LogP contribution >= 0.6 is 0 Å². The van der Waals surface area contributed by atoms with Crippen molar-refractivity contribution >= 4 is 0 Å². The van der Waals surface area contributed by atoms with E-state index in [0.29, 0.717) is 12.0 Å². The van der Waals surface area contributed by atoms with Crippen molar-refractivity contribution < 1.29 is 4.74 Å². The molecule has 20 heavy (non-hydrogen) atoms. The van der Waals surface area contributed by atoms with Gasteiger partial charge in [0.15, 0.2) is 0 Å². The molecule has 0 aliphatic rings. The second kappa shape index (κ2) is 7.80. The van der Waals surface area contributed by atoms with Gasteiger partial charge >= 0.3 is 0 Å². The second-order valence-corrected chi connectivity index (χ2v) is 6.48. The predicted molar refractivity (Wildman–Crippen MR) is 87.1 cm³/mol. The normalized spacial score (nSPS) is 13.8. The molecule has 0 saturated heterocycles. The third-order valence-electron chi connectivity index (χ3n) is 4.06. The van der Waals surface area contributed by atoms with Crippen molar-refractivity contribution in [2.75, 3.05) is 13.7 Å². The first-order valence-electron chi connectivity index (χ1n) is 7.77. The Morgan fingerprint density at radius 3 is 2.20 bits per heavy atom. The molecule has 0 spiro atoms. The summed E-state index contributed by atoms with van der Waals surface area (Å²) in [6.07, 6.45) is 2.11. The lowest BCUT2D eigenvalue weighted by atomic mass is 9.94. The summed E-state index contributed by atoms with van der Waals surface area (Å²) in [7, 11) is 1.78. The summed E-state index contributed by atoms with van der Waals surface area (Å²) < 4.78 is 5.48. The molecule has 2 nitrogen and oxygen atoms in total. The Morgan fingerprint density at radius 1 is 1.15 bits per heavy atom. The van der Waals surface area contributed by atoms with Gasteiger partial charge in [0, 0.05) is 13.2 Å². The molecule has 0 aliphatic carbocycles. The third-order valence-corrected chi connectivity index (χ3v) is 4.06. The van der Waals surface area contributed by atoms with E-state index in [-0.39, 0.29) is 5.60 Å². The van der Waals surface area contributed by atoms with Crippen molar-refractivity contribution in [3.8, 4) is 0 Å². The fraction of sp³-hybridized carbons (Fsp3) is 0.667. The Kier molecular flexibility index (Phi) is 6.70. The number of benzene rings is 1. The molecule has 2 heteroatoms. The van der Waals surface area contributed by atoms with Gasteiger partial charge in [0.25, 0.3) is 0 Å². The molecule has 0 saturated carbocycles. The van der Waals surface area contributed by atoms with Crippen molar-refractivity contribution in [3.05, 3.63) is 35.4 Å². The van der Waals surface area contributed by atoms with E-state index in [9.17, 15) is 0 Å². The SMILES string of the molecule is CCc1ccc(C(NCCC(C)(C)OC)C(C)C)cc1. The second-order valence-electron chi connectivity index (χ2n) is 6.48. The zero-order valence-corrected chi connectivity index (χ0v) is 14.0. The first kappa shape index (κ1) is 17.2. The van der Waals surface area contributed by atoms with Crippen LogP contribution < -0.4 is 5.32 Å². The van der Waals surface area contributed by atoms with Crippen molar-refractivity contribution in [2.24, 2.45) is 5.92 Å². The molecule has 114 valence electrons. The molecule has 0 fully saturated rings. The van der Waals surface area contributed by atoms with Gasteiger partial charge in [-0.3, -0.25) is 0 Å². The minimum Gasteiger partial charge on any atom is -0.379 e. The molecule has 0 aliphatic heterocycles. The minimum absolute atomic E-state index is 0.0550. The number of nitrogens with one attached hydrogen (secondary N) is 1. The van der Waals surface area contributed by atoms with Crippen molar-refractivity contribution in [2.45, 2.75) is 59.1 Å². The van der Waals surface area contributed by atoms with Crippen LogP contribution in [0.25, 0.3) is 0 Å². The quantitative estimate of drug-likeness (QED) is 0.762. The Labute approximate surface area is 124 Å². The summed E-state index contributed by atoms with van der Waals surface area (Å²) >= 11 is 0. The van der Waals surface area contributed by atoms with Gasteiger partial charge in [0.1, 0.15) is 0 Å². The molecule has 1 atom stereocenters. The van der Waals surface area contributed by atoms with Gasteiger partial charge in [-0.05, 0) is 50.3 Å². The Bertz CT molecular complexity index is 381. The molecule has 0 aromatic heterocycles. The van der Waals surface area contributed by atoms with Crippen LogP contribution in [0.5, 0.6) is 0 Å². The molecule has 1 aromatic carbocycles. The smallest absolute Gasteiger partial charge is 0.0634 e. The number of ether oxygens (including phenoxy) is 1. The van der Waals surface area contributed by atoms with Gasteiger partial charge in [0.05, 0.1) is 5.60 Å². The van der Waals surface area contributed by atoms with Crippen LogP contribution in [0.15, 0.2) is 24.3 Å². The zero-order valence-electron chi connectivity index (χ0n) is 14.0. The van der Waals surface area contributed by atoms with Crippen LogP contribution in [0.2, 0.25) is 0 Å². The number of methoxy groups -OCH3 is 1. The van der Waals surface area contributed by atoms with Gasteiger partial charge < -0.3 is 10.1 Å². The average molecular weight is 277 g/mol. The number of rotatable bonds is 8. The molecule has 1 unspecified atom stereocenters. The molecule has 1 N–H and O–H groups in total. The van der Waals surface area contributed by atoms with E-state index in [4.69, 9.17) is 4.74 Å². The summed E-state index contributed by atoms with van der Waals surface area (Å²) in [6.45, 7) is 12.0. The Balaban J connectivity index is 2.64. The molecule has 0 radical (unpaired) electrons. The molecular formula is C18H31NO. The summed E-state index contributed by atoms with van der Waals surface area (Å²) in [4.78, 5) is 0. The lowest BCUT2D eigenvalue weighted by Gasteiger charge is -2.27. The predicted octanol–water partition coefficient (Wildman–Crippen LogP) is 4.35. The first-order valence-corrected chi connectivity index (χ1v) is 7.77. The summed E-state index contributed by atoms with van der Waals surface area (Å²) in [6, 6.07) is 9.42. The van der Waals surface area contributed by atoms with Gasteiger partial charge in [-0.2, -0.15) is 0 Å². The lowest BCUT2D eigenvalue weighted by molar-refractivity contribution is 0.0150. The maximum atomic E-state index is 5.48. The lowest BCUT2D eigenvalue weighted by Crippen LogP contribution is -2.32. The first-order chi connectivity index (χ1) is 9.39. The summed E-state index contributed by atoms with van der Waals surface area (Å²) in [5, 5.41) is 3.68. The maximum absolute atomic E-state index is 5.48. The molecule has 0 amide bonds. The maximum Gasteiger partial charge on any atom is 0.0634 e. The largest absolute Gasteiger partial charge is 0.379 e. The van der Waals surface area contributed by atoms with E-state index < -0.39 is 0 Å². The number of hydrogen-bond donors (Lipinski definition) is 1. The van der Waals surface area contributed by atoms with Crippen molar-refractivity contribution in [1.29, 1.82) is 0 Å². The molecule has 1 rings (SSSR count). The molecular weight excluding hydrogens is 246 g/mol. The van der Waals surface area contributed by atoms with E-state index >= 15 is 0 Å². The average Bonchev–Trinajstić information content (AvgIpc) is 2.43. The minimum atomic E-state index is -0.0550. The standard InChI is InChI=1S/C18H31NO/c1-7-15-8-10-16(11-9-15)17(14(2)3)19-13-12-18(4,5)20-6/h8-11,14,17,19H,7,12-13H2,1-6H3. The highest BCUT2D eigenvalue weighted by molar-refractivity contribution is 5.25. The van der Waals surface area contributed by atoms with E-state index in [1.165, 1.54) is 11.1 Å². The van der Waals surface area contributed by atoms with Crippen molar-refractivity contribution in [3.63, 3.8) is 0 Å². The fourth-order valence-corrected chi connectivity index (χ4v) is 2.33. The Hall–Kier alpha value is -0.860. The van der Waals surface area contributed by atoms with Crippen LogP contribution in [-0.4, -0.2) is 19.3 Å². The van der Waals surface area contributed by atoms with E-state index in [1.807, 2.05) is 0 Å². The van der Waals surface area contributed by atoms with Gasteiger partial charge in [0.2, 0.25) is 0 Å². The van der Waals surface area contributed by atoms with E-state index in [1.54, 1.807) is 7.11 Å². The fourth-order valence-electron chi connectivity index (χ4n) is 2.33. The third kappa shape index (κ3) is 5.26. The van der Waals surface area contributed by atoms with Crippen molar-refractivity contribution in [1.82, 2.24) is 5.32 Å². The van der Waals surface area contributed by atoms with Gasteiger partial charge in [-0.25, -0.2) is 0 Å². The van der Waals surface area contributed by atoms with Gasteiger partial charge in [-0.15, -0.1) is 0 Å². The molecule has 0 heterocycles. The van der Waals surface area contributed by atoms with Crippen LogP contribution in [-0.2, 0) is 11.2 Å². The highest BCUT2D eigenvalue weighted by atomic mass is 16.5. The van der Waals surface area contributed by atoms with Crippen LogP contribution in [0, 0.1) is 5.92 Å². The van der Waals surface area contributed by atoms with Gasteiger partial charge in [-0.1, -0.05) is 45.0 Å². The topological polar surface area (TPSA) is 21.3 Å². The summed E-state index contributed by atoms with van der Waals surface area (Å²) in [5.74, 6) is 0.577. The molecule has 1 aromatic rings. The van der Waals surface area contributed by atoms with E-state index in [2.05, 4.69) is 64.2 Å². The summed E-state index contributed by atoms with van der Waals surface area (Å²) in [5.41, 5.74) is 2.73. The highest BCUT2D eigenvalue weighted by Crippen LogP contribution is 2.23. The molecule has 0 bridgehead atoms. The van der Waals surface area contributed by atoms with Crippen LogP contribution in [0.4, 0.5) is 0 Å². The van der Waals surface area contributed by atoms with Crippen LogP contribution in [0.3, 0.4) is 0 Å². The van der Waals surface area contributed by atoms with E-state index in [0.717, 1.165) is 19.4 Å². The number of aryl methyl sites for hydroxylation is 1. The van der Waals surface area contributed by atoms with Crippen LogP contribution in [0.1, 0.15) is 58.2 Å². The highest BCUT2D eigenvalue weighted by Gasteiger charge is 2.19. The number of hydrogen-bond acceptors (Lipinski definition) is 2. The Morgan fingerprint density at radius 2 is 1.75 bits per heavy atom.